The molecule has 1 amide bonds. The number of carbonyl (C=O) groups is 1. The van der Waals surface area contributed by atoms with E-state index in [-0.39, 0.29) is 5.75 Å². The van der Waals surface area contributed by atoms with Gasteiger partial charge in [-0.2, -0.15) is 0 Å². The molecular weight excluding hydrogens is 252 g/mol. The third kappa shape index (κ3) is 4.85. The van der Waals surface area contributed by atoms with Crippen LogP contribution in [-0.4, -0.2) is 26.6 Å². The fourth-order valence-electron chi connectivity index (χ4n) is 1.60. The summed E-state index contributed by atoms with van der Waals surface area (Å²) in [5.41, 5.74) is 7.02. The summed E-state index contributed by atoms with van der Waals surface area (Å²) in [5, 5.41) is 2.47. The van der Waals surface area contributed by atoms with Gasteiger partial charge in [0.2, 0.25) is 5.91 Å². The summed E-state index contributed by atoms with van der Waals surface area (Å²) in [5.74, 6) is -1.08. The largest absolute Gasteiger partial charge is 0.356 e. The lowest BCUT2D eigenvalue weighted by molar-refractivity contribution is -0.118. The Bertz CT molecular complexity index is 512. The second kappa shape index (κ2) is 6.51. The van der Waals surface area contributed by atoms with Crippen molar-refractivity contribution < 1.29 is 13.2 Å². The molecule has 1 rings (SSSR count). The van der Waals surface area contributed by atoms with E-state index in [9.17, 15) is 13.2 Å². The van der Waals surface area contributed by atoms with Crippen LogP contribution < -0.4 is 11.1 Å². The molecule has 0 saturated carbocycles. The molecule has 0 aliphatic rings. The van der Waals surface area contributed by atoms with E-state index in [1.54, 1.807) is 25.1 Å². The van der Waals surface area contributed by atoms with E-state index in [0.29, 0.717) is 18.7 Å². The maximum absolute atomic E-state index is 11.8. The molecule has 0 aliphatic carbocycles. The molecule has 0 saturated heterocycles. The Kier molecular flexibility index (Phi) is 5.30. The fraction of sp³-hybridized carbons (Fsp3) is 0.417. The standard InChI is InChI=1S/C12H18N2O3S/c1-2-14-12(15)9-18(16,17)8-11-5-3-4-10(6-11)7-13/h3-6H,2,7-9,13H2,1H3,(H,14,15). The number of carbonyl (C=O) groups excluding carboxylic acids is 1. The van der Waals surface area contributed by atoms with Crippen LogP contribution in [0.15, 0.2) is 24.3 Å². The summed E-state index contributed by atoms with van der Waals surface area (Å²) in [4.78, 5) is 11.3. The summed E-state index contributed by atoms with van der Waals surface area (Å²) in [6, 6.07) is 7.06. The molecule has 0 bridgehead atoms. The minimum Gasteiger partial charge on any atom is -0.356 e. The van der Waals surface area contributed by atoms with Crippen molar-refractivity contribution in [3.05, 3.63) is 35.4 Å². The molecule has 0 aliphatic heterocycles. The van der Waals surface area contributed by atoms with Gasteiger partial charge in [0, 0.05) is 13.1 Å². The van der Waals surface area contributed by atoms with Gasteiger partial charge in [-0.1, -0.05) is 24.3 Å². The average molecular weight is 270 g/mol. The van der Waals surface area contributed by atoms with Crippen molar-refractivity contribution in [2.75, 3.05) is 12.3 Å². The average Bonchev–Trinajstić information content (AvgIpc) is 2.28. The van der Waals surface area contributed by atoms with Gasteiger partial charge >= 0.3 is 0 Å². The molecule has 5 nitrogen and oxygen atoms in total. The highest BCUT2D eigenvalue weighted by Gasteiger charge is 2.16. The number of nitrogens with one attached hydrogen (secondary N) is 1. The van der Waals surface area contributed by atoms with Crippen molar-refractivity contribution in [3.63, 3.8) is 0 Å². The molecule has 0 fully saturated rings. The Morgan fingerprint density at radius 2 is 2.00 bits per heavy atom. The van der Waals surface area contributed by atoms with E-state index in [0.717, 1.165) is 5.56 Å². The Hall–Kier alpha value is -1.40. The first-order valence-electron chi connectivity index (χ1n) is 5.72. The third-order valence-electron chi connectivity index (χ3n) is 2.34. The van der Waals surface area contributed by atoms with E-state index in [2.05, 4.69) is 5.32 Å². The van der Waals surface area contributed by atoms with Crippen molar-refractivity contribution in [1.29, 1.82) is 0 Å². The minimum atomic E-state index is -3.43. The Morgan fingerprint density at radius 1 is 1.33 bits per heavy atom. The van der Waals surface area contributed by atoms with Gasteiger partial charge in [0.05, 0.1) is 5.75 Å². The smallest absolute Gasteiger partial charge is 0.235 e. The molecule has 0 heterocycles. The summed E-state index contributed by atoms with van der Waals surface area (Å²) in [6.07, 6.45) is 0. The lowest BCUT2D eigenvalue weighted by Gasteiger charge is -2.06. The van der Waals surface area contributed by atoms with E-state index >= 15 is 0 Å². The molecule has 0 radical (unpaired) electrons. The van der Waals surface area contributed by atoms with E-state index in [1.807, 2.05) is 6.07 Å². The van der Waals surface area contributed by atoms with Crippen molar-refractivity contribution >= 4 is 15.7 Å². The highest BCUT2D eigenvalue weighted by atomic mass is 32.2. The normalized spacial score (nSPS) is 11.2. The van der Waals surface area contributed by atoms with Gasteiger partial charge in [0.25, 0.3) is 0 Å². The van der Waals surface area contributed by atoms with Gasteiger partial charge in [-0.15, -0.1) is 0 Å². The molecular formula is C12H18N2O3S. The summed E-state index contributed by atoms with van der Waals surface area (Å²) >= 11 is 0. The first kappa shape index (κ1) is 14.7. The molecule has 1 aromatic rings. The van der Waals surface area contributed by atoms with Gasteiger partial charge in [-0.25, -0.2) is 8.42 Å². The molecule has 0 atom stereocenters. The van der Waals surface area contributed by atoms with Crippen LogP contribution in [0.4, 0.5) is 0 Å². The highest BCUT2D eigenvalue weighted by Crippen LogP contribution is 2.09. The topological polar surface area (TPSA) is 89.3 Å². The molecule has 1 aromatic carbocycles. The Labute approximate surface area is 107 Å². The van der Waals surface area contributed by atoms with E-state index in [4.69, 9.17) is 5.73 Å². The van der Waals surface area contributed by atoms with Crippen LogP contribution in [0.3, 0.4) is 0 Å². The molecule has 18 heavy (non-hydrogen) atoms. The van der Waals surface area contributed by atoms with E-state index < -0.39 is 21.5 Å². The SMILES string of the molecule is CCNC(=O)CS(=O)(=O)Cc1cccc(CN)c1. The molecule has 0 aromatic heterocycles. The lowest BCUT2D eigenvalue weighted by Crippen LogP contribution is -2.30. The van der Waals surface area contributed by atoms with Gasteiger partial charge < -0.3 is 11.1 Å². The predicted octanol–water partition coefficient (Wildman–Crippen LogP) is 0.196. The second-order valence-corrected chi connectivity index (χ2v) is 6.07. The zero-order valence-corrected chi connectivity index (χ0v) is 11.2. The fourth-order valence-corrected chi connectivity index (χ4v) is 2.89. The molecule has 3 N–H and O–H groups in total. The van der Waals surface area contributed by atoms with Crippen LogP contribution in [0.5, 0.6) is 0 Å². The first-order chi connectivity index (χ1) is 8.46. The molecule has 100 valence electrons. The van der Waals surface area contributed by atoms with Crippen LogP contribution in [0.25, 0.3) is 0 Å². The summed E-state index contributed by atoms with van der Waals surface area (Å²) in [6.45, 7) is 2.54. The third-order valence-corrected chi connectivity index (χ3v) is 3.81. The summed E-state index contributed by atoms with van der Waals surface area (Å²) < 4.78 is 23.6. The molecule has 0 unspecified atom stereocenters. The number of nitrogens with two attached hydrogens (primary N) is 1. The zero-order chi connectivity index (χ0) is 13.6. The van der Waals surface area contributed by atoms with Crippen molar-refractivity contribution in [1.82, 2.24) is 5.32 Å². The number of amides is 1. The maximum Gasteiger partial charge on any atom is 0.235 e. The number of benzene rings is 1. The molecule has 6 heteroatoms. The Morgan fingerprint density at radius 3 is 2.61 bits per heavy atom. The number of sulfone groups is 1. The van der Waals surface area contributed by atoms with Crippen molar-refractivity contribution in [2.24, 2.45) is 5.73 Å². The van der Waals surface area contributed by atoms with Crippen LogP contribution in [-0.2, 0) is 26.9 Å². The van der Waals surface area contributed by atoms with Gasteiger partial charge in [0.15, 0.2) is 9.84 Å². The van der Waals surface area contributed by atoms with Crippen LogP contribution in [0, 0.1) is 0 Å². The van der Waals surface area contributed by atoms with Crippen molar-refractivity contribution in [2.45, 2.75) is 19.2 Å². The predicted molar refractivity (Wildman–Crippen MR) is 70.5 cm³/mol. The number of rotatable bonds is 6. The highest BCUT2D eigenvalue weighted by molar-refractivity contribution is 7.91. The lowest BCUT2D eigenvalue weighted by atomic mass is 10.1. The second-order valence-electron chi connectivity index (χ2n) is 4.01. The van der Waals surface area contributed by atoms with Crippen LogP contribution in [0.2, 0.25) is 0 Å². The van der Waals surface area contributed by atoms with Gasteiger partial charge in [-0.3, -0.25) is 4.79 Å². The molecule has 0 spiro atoms. The number of hydrogen-bond donors (Lipinski definition) is 2. The van der Waals surface area contributed by atoms with E-state index in [1.165, 1.54) is 0 Å². The quantitative estimate of drug-likeness (QED) is 0.772. The monoisotopic (exact) mass is 270 g/mol. The maximum atomic E-state index is 11.8. The van der Waals surface area contributed by atoms with Gasteiger partial charge in [0.1, 0.15) is 5.75 Å². The first-order valence-corrected chi connectivity index (χ1v) is 7.54. The minimum absolute atomic E-state index is 0.141. The number of hydrogen-bond acceptors (Lipinski definition) is 4. The van der Waals surface area contributed by atoms with Crippen molar-refractivity contribution in [3.8, 4) is 0 Å². The zero-order valence-electron chi connectivity index (χ0n) is 10.3. The Balaban J connectivity index is 2.73. The van der Waals surface area contributed by atoms with Crippen LogP contribution >= 0.6 is 0 Å². The van der Waals surface area contributed by atoms with Gasteiger partial charge in [-0.05, 0) is 18.1 Å². The van der Waals surface area contributed by atoms with Crippen LogP contribution in [0.1, 0.15) is 18.1 Å². The summed E-state index contributed by atoms with van der Waals surface area (Å²) in [7, 11) is -3.43.